The van der Waals surface area contributed by atoms with Gasteiger partial charge in [0.1, 0.15) is 6.54 Å². The van der Waals surface area contributed by atoms with E-state index in [1.807, 2.05) is 0 Å². The fourth-order valence-corrected chi connectivity index (χ4v) is 3.67. The molecule has 26 heavy (non-hydrogen) atoms. The Labute approximate surface area is 155 Å². The van der Waals surface area contributed by atoms with E-state index in [0.717, 1.165) is 38.7 Å². The third-order valence-corrected chi connectivity index (χ3v) is 5.23. The molecule has 8 heteroatoms. The minimum Gasteiger partial charge on any atom is -0.376 e. The number of carbonyl (C=O) groups excluding carboxylic acids is 1. The Morgan fingerprint density at radius 3 is 2.69 bits per heavy atom. The summed E-state index contributed by atoms with van der Waals surface area (Å²) < 4.78 is 17.4. The third kappa shape index (κ3) is 5.31. The van der Waals surface area contributed by atoms with Gasteiger partial charge in [0.15, 0.2) is 11.7 Å². The summed E-state index contributed by atoms with van der Waals surface area (Å²) in [6, 6.07) is 0.223. The number of hydrogen-bond acceptors (Lipinski definition) is 5. The minimum absolute atomic E-state index is 0.0228. The highest BCUT2D eigenvalue weighted by atomic mass is 16.7. The maximum atomic E-state index is 11.9. The van der Waals surface area contributed by atoms with Crippen molar-refractivity contribution in [1.82, 2.24) is 15.5 Å². The second-order valence-electron chi connectivity index (χ2n) is 7.51. The molecule has 0 aromatic heterocycles. The molecule has 1 amide bonds. The Balaban J connectivity index is 1.54. The van der Waals surface area contributed by atoms with Crippen LogP contribution in [0, 0.1) is 0 Å². The van der Waals surface area contributed by atoms with Crippen LogP contribution in [0.25, 0.3) is 0 Å². The van der Waals surface area contributed by atoms with Crippen molar-refractivity contribution in [3.63, 3.8) is 0 Å². The topological polar surface area (TPSA) is 84.4 Å². The molecule has 0 bridgehead atoms. The van der Waals surface area contributed by atoms with Gasteiger partial charge in [0, 0.05) is 46.1 Å². The third-order valence-electron chi connectivity index (χ3n) is 5.23. The lowest BCUT2D eigenvalue weighted by Gasteiger charge is -2.25. The average Bonchev–Trinajstić information content (AvgIpc) is 3.27. The molecular weight excluding hydrogens is 336 g/mol. The molecule has 3 rings (SSSR count). The first-order valence-corrected chi connectivity index (χ1v) is 9.71. The zero-order chi connectivity index (χ0) is 18.4. The van der Waals surface area contributed by atoms with Crippen molar-refractivity contribution in [2.75, 3.05) is 47.0 Å². The van der Waals surface area contributed by atoms with Gasteiger partial charge in [0.05, 0.1) is 19.3 Å². The molecule has 2 saturated heterocycles. The summed E-state index contributed by atoms with van der Waals surface area (Å²) in [4.78, 5) is 17.9. The number of aliphatic imine (C=N–C) groups is 1. The quantitative estimate of drug-likeness (QED) is 0.542. The second-order valence-corrected chi connectivity index (χ2v) is 7.51. The van der Waals surface area contributed by atoms with Gasteiger partial charge in [-0.3, -0.25) is 4.79 Å². The zero-order valence-corrected chi connectivity index (χ0v) is 16.0. The van der Waals surface area contributed by atoms with E-state index in [2.05, 4.69) is 15.6 Å². The van der Waals surface area contributed by atoms with Crippen molar-refractivity contribution in [3.8, 4) is 0 Å². The van der Waals surface area contributed by atoms with E-state index in [0.29, 0.717) is 25.7 Å². The van der Waals surface area contributed by atoms with Crippen LogP contribution in [0.2, 0.25) is 0 Å². The van der Waals surface area contributed by atoms with Gasteiger partial charge in [-0.25, -0.2) is 4.99 Å². The van der Waals surface area contributed by atoms with Crippen molar-refractivity contribution in [1.29, 1.82) is 0 Å². The highest BCUT2D eigenvalue weighted by Crippen LogP contribution is 2.37. The van der Waals surface area contributed by atoms with Crippen LogP contribution in [0.15, 0.2) is 4.99 Å². The number of nitrogens with zero attached hydrogens (tertiary/aromatic N) is 2. The number of rotatable bonds is 5. The number of amides is 1. The summed E-state index contributed by atoms with van der Waals surface area (Å²) in [6.45, 7) is 2.99. The lowest BCUT2D eigenvalue weighted by atomic mass is 10.1. The van der Waals surface area contributed by atoms with Crippen molar-refractivity contribution >= 4 is 11.9 Å². The van der Waals surface area contributed by atoms with Crippen molar-refractivity contribution in [2.24, 2.45) is 4.99 Å². The maximum absolute atomic E-state index is 11.9. The summed E-state index contributed by atoms with van der Waals surface area (Å²) in [5.41, 5.74) is 0. The van der Waals surface area contributed by atoms with Gasteiger partial charge in [-0.2, -0.15) is 0 Å². The molecular formula is C18H32N4O4. The Morgan fingerprint density at radius 1 is 1.19 bits per heavy atom. The smallest absolute Gasteiger partial charge is 0.243 e. The molecule has 2 heterocycles. The molecule has 2 N–H and O–H groups in total. The zero-order valence-electron chi connectivity index (χ0n) is 16.0. The second kappa shape index (κ2) is 9.01. The maximum Gasteiger partial charge on any atom is 0.243 e. The SMILES string of the molecule is CN(C)C(=O)CN=C(NCC1CCCCO1)NC1CCC2(C1)OCCO2. The van der Waals surface area contributed by atoms with E-state index in [4.69, 9.17) is 14.2 Å². The molecule has 2 unspecified atom stereocenters. The standard InChI is InChI=1S/C18H32N4O4/c1-22(2)16(23)13-20-17(19-12-15-5-3-4-8-24-15)21-14-6-7-18(11-14)25-9-10-26-18/h14-15H,3-13H2,1-2H3,(H2,19,20,21). The number of hydrogen-bond donors (Lipinski definition) is 2. The fourth-order valence-electron chi connectivity index (χ4n) is 3.67. The normalized spacial score (nSPS) is 28.3. The molecule has 0 aromatic rings. The van der Waals surface area contributed by atoms with Gasteiger partial charge in [0.25, 0.3) is 0 Å². The lowest BCUT2D eigenvalue weighted by molar-refractivity contribution is -0.151. The van der Waals surface area contributed by atoms with E-state index in [-0.39, 0.29) is 24.6 Å². The summed E-state index contributed by atoms with van der Waals surface area (Å²) >= 11 is 0. The molecule has 8 nitrogen and oxygen atoms in total. The molecule has 1 spiro atoms. The lowest BCUT2D eigenvalue weighted by Crippen LogP contribution is -2.47. The van der Waals surface area contributed by atoms with Crippen LogP contribution >= 0.6 is 0 Å². The summed E-state index contributed by atoms with van der Waals surface area (Å²) in [5, 5.41) is 6.80. The van der Waals surface area contributed by atoms with Crippen LogP contribution in [0.4, 0.5) is 0 Å². The van der Waals surface area contributed by atoms with Gasteiger partial charge in [0.2, 0.25) is 5.91 Å². The summed E-state index contributed by atoms with van der Waals surface area (Å²) in [5.74, 6) is 0.217. The highest BCUT2D eigenvalue weighted by molar-refractivity contribution is 5.85. The van der Waals surface area contributed by atoms with E-state index in [1.54, 1.807) is 19.0 Å². The molecule has 0 radical (unpaired) electrons. The molecule has 3 aliphatic rings. The van der Waals surface area contributed by atoms with Crippen LogP contribution in [0.5, 0.6) is 0 Å². The average molecular weight is 368 g/mol. The van der Waals surface area contributed by atoms with E-state index in [9.17, 15) is 4.79 Å². The van der Waals surface area contributed by atoms with Crippen LogP contribution in [0.1, 0.15) is 38.5 Å². The van der Waals surface area contributed by atoms with Gasteiger partial charge in [-0.15, -0.1) is 0 Å². The molecule has 1 saturated carbocycles. The summed E-state index contributed by atoms with van der Waals surface area (Å²) in [6.07, 6.45) is 6.25. The first-order chi connectivity index (χ1) is 12.6. The predicted molar refractivity (Wildman–Crippen MR) is 98.0 cm³/mol. The molecule has 0 aromatic carbocycles. The number of carbonyl (C=O) groups is 1. The van der Waals surface area contributed by atoms with Crippen molar-refractivity contribution in [3.05, 3.63) is 0 Å². The van der Waals surface area contributed by atoms with Gasteiger partial charge >= 0.3 is 0 Å². The molecule has 148 valence electrons. The van der Waals surface area contributed by atoms with Crippen molar-refractivity contribution < 1.29 is 19.0 Å². The van der Waals surface area contributed by atoms with Crippen LogP contribution in [-0.2, 0) is 19.0 Å². The number of ether oxygens (including phenoxy) is 3. The van der Waals surface area contributed by atoms with Crippen LogP contribution in [0.3, 0.4) is 0 Å². The Morgan fingerprint density at radius 2 is 2.00 bits per heavy atom. The minimum atomic E-state index is -0.422. The highest BCUT2D eigenvalue weighted by Gasteiger charge is 2.44. The Kier molecular flexibility index (Phi) is 6.72. The fraction of sp³-hybridized carbons (Fsp3) is 0.889. The molecule has 2 aliphatic heterocycles. The van der Waals surface area contributed by atoms with Crippen LogP contribution in [-0.4, -0.2) is 81.7 Å². The van der Waals surface area contributed by atoms with Gasteiger partial charge in [-0.1, -0.05) is 0 Å². The van der Waals surface area contributed by atoms with Crippen LogP contribution < -0.4 is 10.6 Å². The number of nitrogens with one attached hydrogen (secondary N) is 2. The van der Waals surface area contributed by atoms with Gasteiger partial charge in [-0.05, 0) is 25.7 Å². The van der Waals surface area contributed by atoms with E-state index in [1.165, 1.54) is 6.42 Å². The largest absolute Gasteiger partial charge is 0.376 e. The number of guanidine groups is 1. The summed E-state index contributed by atoms with van der Waals surface area (Å²) in [7, 11) is 3.48. The van der Waals surface area contributed by atoms with E-state index < -0.39 is 5.79 Å². The Bertz CT molecular complexity index is 499. The first-order valence-electron chi connectivity index (χ1n) is 9.71. The molecule has 2 atom stereocenters. The molecule has 3 fully saturated rings. The Hall–Kier alpha value is -1.38. The monoisotopic (exact) mass is 368 g/mol. The molecule has 1 aliphatic carbocycles. The predicted octanol–water partition coefficient (Wildman–Crippen LogP) is 0.475. The first kappa shape index (κ1) is 19.4. The van der Waals surface area contributed by atoms with Crippen molar-refractivity contribution in [2.45, 2.75) is 56.5 Å². The number of likely N-dealkylation sites (N-methyl/N-ethyl adjacent to an activating group) is 1. The van der Waals surface area contributed by atoms with Gasteiger partial charge < -0.3 is 29.7 Å². The van der Waals surface area contributed by atoms with E-state index >= 15 is 0 Å².